The highest BCUT2D eigenvalue weighted by Gasteiger charge is 2.26. The second-order valence-electron chi connectivity index (χ2n) is 5.35. The van der Waals surface area contributed by atoms with Gasteiger partial charge in [-0.15, -0.1) is 0 Å². The van der Waals surface area contributed by atoms with Crippen molar-refractivity contribution < 1.29 is 17.9 Å². The van der Waals surface area contributed by atoms with Gasteiger partial charge in [0.1, 0.15) is 5.75 Å². The van der Waals surface area contributed by atoms with E-state index < -0.39 is 15.6 Å². The predicted octanol–water partition coefficient (Wildman–Crippen LogP) is 0.634. The number of nitrogens with zero attached hydrogens (tertiary/aromatic N) is 2. The van der Waals surface area contributed by atoms with Gasteiger partial charge < -0.3 is 9.64 Å². The number of likely N-dealkylation sites (tertiary alicyclic amines) is 1. The van der Waals surface area contributed by atoms with Gasteiger partial charge in [-0.05, 0) is 24.5 Å². The fraction of sp³-hybridized carbons (Fsp3) is 0.571. The fourth-order valence-electron chi connectivity index (χ4n) is 2.31. The monoisotopic (exact) mass is 312 g/mol. The van der Waals surface area contributed by atoms with E-state index in [-0.39, 0.29) is 12.0 Å². The quantitative estimate of drug-likeness (QED) is 0.797. The molecule has 2 heterocycles. The lowest BCUT2D eigenvalue weighted by Crippen LogP contribution is -2.45. The van der Waals surface area contributed by atoms with E-state index >= 15 is 0 Å². The second-order valence-corrected chi connectivity index (χ2v) is 7.49. The first-order valence-electron chi connectivity index (χ1n) is 6.90. The van der Waals surface area contributed by atoms with Crippen molar-refractivity contribution in [3.8, 4) is 0 Å². The Morgan fingerprint density at radius 2 is 2.33 bits per heavy atom. The van der Waals surface area contributed by atoms with Crippen molar-refractivity contribution in [2.45, 2.75) is 25.6 Å². The lowest BCUT2D eigenvalue weighted by Gasteiger charge is -2.32. The number of piperidine rings is 1. The average molecular weight is 312 g/mol. The molecule has 1 aliphatic heterocycles. The molecule has 0 bridgehead atoms. The number of aromatic nitrogens is 1. The van der Waals surface area contributed by atoms with E-state index in [1.807, 2.05) is 12.1 Å². The summed E-state index contributed by atoms with van der Waals surface area (Å²) in [5.74, 6) is -0.769. The molecule has 0 radical (unpaired) electrons. The molecule has 1 aromatic rings. The number of hydrogen-bond donors (Lipinski definition) is 0. The Morgan fingerprint density at radius 1 is 1.52 bits per heavy atom. The number of carbonyl (C=O) groups is 1. The summed E-state index contributed by atoms with van der Waals surface area (Å²) in [6.45, 7) is 1.50. The van der Waals surface area contributed by atoms with Crippen LogP contribution in [0.25, 0.3) is 0 Å². The van der Waals surface area contributed by atoms with Gasteiger partial charge in [0.2, 0.25) is 5.91 Å². The molecule has 7 heteroatoms. The molecule has 1 fully saturated rings. The minimum atomic E-state index is -3.29. The second kappa shape index (κ2) is 7.00. The van der Waals surface area contributed by atoms with E-state index in [4.69, 9.17) is 4.74 Å². The summed E-state index contributed by atoms with van der Waals surface area (Å²) in [5.41, 5.74) is 0.983. The number of pyridine rings is 1. The maximum absolute atomic E-state index is 11.9. The summed E-state index contributed by atoms with van der Waals surface area (Å²) in [7, 11) is -3.29. The van der Waals surface area contributed by atoms with Crippen LogP contribution in [0.4, 0.5) is 0 Å². The van der Waals surface area contributed by atoms with Gasteiger partial charge >= 0.3 is 0 Å². The van der Waals surface area contributed by atoms with Crippen LogP contribution >= 0.6 is 0 Å². The summed E-state index contributed by atoms with van der Waals surface area (Å²) in [4.78, 5) is 17.5. The lowest BCUT2D eigenvalue weighted by molar-refractivity contribution is -0.132. The summed E-state index contributed by atoms with van der Waals surface area (Å²) < 4.78 is 28.2. The summed E-state index contributed by atoms with van der Waals surface area (Å²) in [5, 5.41) is 0. The van der Waals surface area contributed by atoms with Crippen LogP contribution < -0.4 is 0 Å². The van der Waals surface area contributed by atoms with Crippen LogP contribution in [0.2, 0.25) is 0 Å². The molecule has 1 atom stereocenters. The van der Waals surface area contributed by atoms with Crippen molar-refractivity contribution >= 4 is 15.7 Å². The van der Waals surface area contributed by atoms with E-state index in [2.05, 4.69) is 4.98 Å². The molecule has 0 aliphatic carbocycles. The zero-order valence-electron chi connectivity index (χ0n) is 12.1. The lowest BCUT2D eigenvalue weighted by atomic mass is 10.1. The Bertz CT molecular complexity index is 574. The van der Waals surface area contributed by atoms with Crippen molar-refractivity contribution in [1.29, 1.82) is 0 Å². The normalized spacial score (nSPS) is 19.5. The molecule has 0 spiro atoms. The van der Waals surface area contributed by atoms with Crippen LogP contribution in [0.5, 0.6) is 0 Å². The maximum atomic E-state index is 11.9. The van der Waals surface area contributed by atoms with E-state index in [0.717, 1.165) is 24.7 Å². The van der Waals surface area contributed by atoms with Crippen LogP contribution in [-0.4, -0.2) is 55.4 Å². The predicted molar refractivity (Wildman–Crippen MR) is 78.3 cm³/mol. The smallest absolute Gasteiger partial charge is 0.237 e. The summed E-state index contributed by atoms with van der Waals surface area (Å²) in [6, 6.07) is 3.78. The third-order valence-electron chi connectivity index (χ3n) is 3.33. The maximum Gasteiger partial charge on any atom is 0.237 e. The van der Waals surface area contributed by atoms with Crippen molar-refractivity contribution in [2.24, 2.45) is 0 Å². The number of amides is 1. The van der Waals surface area contributed by atoms with E-state index in [1.165, 1.54) is 0 Å². The topological polar surface area (TPSA) is 76.6 Å². The molecule has 0 unspecified atom stereocenters. The standard InChI is InChI=1S/C14H20N2O4S/c1-21(18,19)11-14(17)16-7-3-5-13(9-16)20-10-12-4-2-6-15-8-12/h2,4,6,8,13H,3,5,7,9-11H2,1H3/t13-/m0/s1. The molecular formula is C14H20N2O4S. The van der Waals surface area contributed by atoms with Gasteiger partial charge in [-0.2, -0.15) is 0 Å². The molecule has 1 aliphatic rings. The van der Waals surface area contributed by atoms with Gasteiger partial charge in [-0.25, -0.2) is 8.42 Å². The van der Waals surface area contributed by atoms with Gasteiger partial charge in [0.05, 0.1) is 12.7 Å². The number of hydrogen-bond acceptors (Lipinski definition) is 5. The van der Waals surface area contributed by atoms with Crippen molar-refractivity contribution in [1.82, 2.24) is 9.88 Å². The third-order valence-corrected chi connectivity index (χ3v) is 4.10. The molecular weight excluding hydrogens is 292 g/mol. The molecule has 0 aromatic carbocycles. The highest BCUT2D eigenvalue weighted by Crippen LogP contribution is 2.15. The number of rotatable bonds is 5. The van der Waals surface area contributed by atoms with Crippen molar-refractivity contribution in [3.05, 3.63) is 30.1 Å². The Morgan fingerprint density at radius 3 is 3.00 bits per heavy atom. The van der Waals surface area contributed by atoms with Gasteiger partial charge in [-0.3, -0.25) is 9.78 Å². The summed E-state index contributed by atoms with van der Waals surface area (Å²) in [6.07, 6.45) is 6.18. The first-order valence-corrected chi connectivity index (χ1v) is 8.96. The zero-order chi connectivity index (χ0) is 15.3. The van der Waals surface area contributed by atoms with Gasteiger partial charge in [0, 0.05) is 31.7 Å². The Kier molecular flexibility index (Phi) is 5.30. The van der Waals surface area contributed by atoms with Crippen LogP contribution in [0.1, 0.15) is 18.4 Å². The van der Waals surface area contributed by atoms with E-state index in [1.54, 1.807) is 17.3 Å². The zero-order valence-corrected chi connectivity index (χ0v) is 12.9. The first kappa shape index (κ1) is 15.9. The largest absolute Gasteiger partial charge is 0.372 e. The number of sulfone groups is 1. The Balaban J connectivity index is 1.84. The van der Waals surface area contributed by atoms with Crippen LogP contribution in [-0.2, 0) is 26.0 Å². The molecule has 0 N–H and O–H groups in total. The van der Waals surface area contributed by atoms with Crippen molar-refractivity contribution in [3.63, 3.8) is 0 Å². The van der Waals surface area contributed by atoms with Crippen molar-refractivity contribution in [2.75, 3.05) is 25.1 Å². The molecule has 116 valence electrons. The van der Waals surface area contributed by atoms with Gasteiger partial charge in [-0.1, -0.05) is 6.07 Å². The highest BCUT2D eigenvalue weighted by atomic mass is 32.2. The average Bonchev–Trinajstić information content (AvgIpc) is 2.45. The molecule has 1 aromatic heterocycles. The summed E-state index contributed by atoms with van der Waals surface area (Å²) >= 11 is 0. The third kappa shape index (κ3) is 5.43. The fourth-order valence-corrected chi connectivity index (χ4v) is 2.95. The SMILES string of the molecule is CS(=O)(=O)CC(=O)N1CCC[C@H](OCc2cccnc2)C1. The van der Waals surface area contributed by atoms with E-state index in [9.17, 15) is 13.2 Å². The van der Waals surface area contributed by atoms with Crippen LogP contribution in [0.3, 0.4) is 0 Å². The van der Waals surface area contributed by atoms with Gasteiger partial charge in [0.25, 0.3) is 0 Å². The Hall–Kier alpha value is -1.47. The van der Waals surface area contributed by atoms with Gasteiger partial charge in [0.15, 0.2) is 9.84 Å². The minimum absolute atomic E-state index is 0.0533. The number of carbonyl (C=O) groups excluding carboxylic acids is 1. The number of ether oxygens (including phenoxy) is 1. The van der Waals surface area contributed by atoms with Crippen LogP contribution in [0.15, 0.2) is 24.5 Å². The molecule has 6 nitrogen and oxygen atoms in total. The molecule has 2 rings (SSSR count). The first-order chi connectivity index (χ1) is 9.94. The molecule has 1 amide bonds. The molecule has 21 heavy (non-hydrogen) atoms. The van der Waals surface area contributed by atoms with E-state index in [0.29, 0.717) is 19.7 Å². The highest BCUT2D eigenvalue weighted by molar-refractivity contribution is 7.91. The minimum Gasteiger partial charge on any atom is -0.372 e. The molecule has 1 saturated heterocycles. The molecule has 0 saturated carbocycles. The Labute approximate surface area is 125 Å². The van der Waals surface area contributed by atoms with Crippen LogP contribution in [0, 0.1) is 0 Å².